The maximum absolute atomic E-state index is 13.2. The third kappa shape index (κ3) is 3.76. The van der Waals surface area contributed by atoms with E-state index in [1.807, 2.05) is 32.0 Å². The van der Waals surface area contributed by atoms with Crippen LogP contribution in [0.1, 0.15) is 22.3 Å². The predicted octanol–water partition coefficient (Wildman–Crippen LogP) is 4.56. The van der Waals surface area contributed by atoms with Gasteiger partial charge in [-0.05, 0) is 48.7 Å². The van der Waals surface area contributed by atoms with Gasteiger partial charge in [-0.2, -0.15) is 0 Å². The van der Waals surface area contributed by atoms with Crippen molar-refractivity contribution in [2.75, 3.05) is 0 Å². The summed E-state index contributed by atoms with van der Waals surface area (Å²) in [4.78, 5) is 12.2. The molecule has 2 aromatic rings. The highest BCUT2D eigenvalue weighted by Gasteiger charge is 2.10. The molecule has 0 aliphatic carbocycles. The van der Waals surface area contributed by atoms with E-state index >= 15 is 0 Å². The number of hydrogen-bond acceptors (Lipinski definition) is 1. The van der Waals surface area contributed by atoms with Crippen molar-refractivity contribution in [1.29, 1.82) is 0 Å². The molecule has 0 saturated carbocycles. The Morgan fingerprint density at radius 3 is 2.50 bits per heavy atom. The molecule has 0 unspecified atom stereocenters. The van der Waals surface area contributed by atoms with E-state index in [1.165, 1.54) is 12.1 Å². The minimum Gasteiger partial charge on any atom is -0.299 e. The van der Waals surface area contributed by atoms with Gasteiger partial charge in [0.2, 0.25) is 0 Å². The van der Waals surface area contributed by atoms with Crippen LogP contribution >= 0.6 is 15.9 Å². The maximum atomic E-state index is 13.2. The van der Waals surface area contributed by atoms with Crippen molar-refractivity contribution in [3.63, 3.8) is 0 Å². The molecule has 0 aromatic heterocycles. The van der Waals surface area contributed by atoms with Crippen LogP contribution in [0.25, 0.3) is 0 Å². The summed E-state index contributed by atoms with van der Waals surface area (Å²) < 4.78 is 14.0. The lowest BCUT2D eigenvalue weighted by Crippen LogP contribution is -2.08. The van der Waals surface area contributed by atoms with Crippen molar-refractivity contribution in [2.45, 2.75) is 26.7 Å². The first-order chi connectivity index (χ1) is 9.45. The molecule has 0 bridgehead atoms. The third-order valence-electron chi connectivity index (χ3n) is 3.29. The molecule has 0 N–H and O–H groups in total. The Kier molecular flexibility index (Phi) is 4.71. The number of halogens is 2. The van der Waals surface area contributed by atoms with Crippen LogP contribution in [0.2, 0.25) is 0 Å². The monoisotopic (exact) mass is 334 g/mol. The van der Waals surface area contributed by atoms with Gasteiger partial charge in [0, 0.05) is 17.3 Å². The molecule has 0 heterocycles. The molecule has 0 atom stereocenters. The third-order valence-corrected chi connectivity index (χ3v) is 4.06. The lowest BCUT2D eigenvalue weighted by Gasteiger charge is -2.08. The van der Waals surface area contributed by atoms with Crippen molar-refractivity contribution in [1.82, 2.24) is 0 Å². The average Bonchev–Trinajstić information content (AvgIpc) is 2.38. The number of rotatable bonds is 4. The smallest absolute Gasteiger partial charge is 0.141 e. The maximum Gasteiger partial charge on any atom is 0.141 e. The second kappa shape index (κ2) is 6.31. The van der Waals surface area contributed by atoms with E-state index in [0.717, 1.165) is 21.2 Å². The summed E-state index contributed by atoms with van der Waals surface area (Å²) in [6, 6.07) is 10.5. The second-order valence-electron chi connectivity index (χ2n) is 5.06. The molecule has 20 heavy (non-hydrogen) atoms. The molecule has 0 saturated heterocycles. The Morgan fingerprint density at radius 2 is 1.75 bits per heavy atom. The van der Waals surface area contributed by atoms with E-state index in [0.29, 0.717) is 12.0 Å². The summed E-state index contributed by atoms with van der Waals surface area (Å²) in [5, 5.41) is 0. The number of ketones is 1. The van der Waals surface area contributed by atoms with Crippen molar-refractivity contribution in [2.24, 2.45) is 0 Å². The van der Waals surface area contributed by atoms with Crippen LogP contribution in [0.3, 0.4) is 0 Å². The van der Waals surface area contributed by atoms with Gasteiger partial charge in [-0.25, -0.2) is 4.39 Å². The van der Waals surface area contributed by atoms with Gasteiger partial charge < -0.3 is 0 Å². The van der Waals surface area contributed by atoms with Gasteiger partial charge in [0.15, 0.2) is 0 Å². The highest BCUT2D eigenvalue weighted by atomic mass is 79.9. The van der Waals surface area contributed by atoms with Gasteiger partial charge in [0.1, 0.15) is 11.6 Å². The first-order valence-corrected chi connectivity index (χ1v) is 7.27. The molecule has 1 nitrogen and oxygen atoms in total. The minimum absolute atomic E-state index is 0.0880. The number of aryl methyl sites for hydroxylation is 2. The van der Waals surface area contributed by atoms with Gasteiger partial charge in [-0.15, -0.1) is 0 Å². The molecular formula is C17H16BrFO. The molecule has 0 amide bonds. The molecule has 3 heteroatoms. The van der Waals surface area contributed by atoms with Gasteiger partial charge in [-0.3, -0.25) is 4.79 Å². The van der Waals surface area contributed by atoms with Crippen LogP contribution < -0.4 is 0 Å². The van der Waals surface area contributed by atoms with Crippen molar-refractivity contribution in [3.8, 4) is 0 Å². The standard InChI is InChI=1S/C17H16BrFO/c1-11-3-4-12(2)13(7-11)9-16(20)10-14-8-15(19)5-6-17(14)18/h3-8H,9-10H2,1-2H3. The Labute approximate surface area is 127 Å². The fourth-order valence-electron chi connectivity index (χ4n) is 2.16. The molecule has 0 aliphatic rings. The van der Waals surface area contributed by atoms with E-state index in [9.17, 15) is 9.18 Å². The zero-order chi connectivity index (χ0) is 14.7. The van der Waals surface area contributed by atoms with Gasteiger partial charge >= 0.3 is 0 Å². The molecule has 2 aromatic carbocycles. The number of carbonyl (C=O) groups excluding carboxylic acids is 1. The highest BCUT2D eigenvalue weighted by Crippen LogP contribution is 2.20. The topological polar surface area (TPSA) is 17.1 Å². The van der Waals surface area contributed by atoms with E-state index < -0.39 is 0 Å². The molecule has 0 radical (unpaired) electrons. The Bertz CT molecular complexity index is 594. The molecule has 0 fully saturated rings. The Hall–Kier alpha value is -1.48. The first kappa shape index (κ1) is 14.9. The fourth-order valence-corrected chi connectivity index (χ4v) is 2.54. The number of Topliss-reactive ketones (excluding diaryl/α,β-unsaturated/α-hetero) is 1. The van der Waals surface area contributed by atoms with Crippen LogP contribution in [-0.4, -0.2) is 5.78 Å². The normalized spacial score (nSPS) is 10.6. The molecule has 0 aliphatic heterocycles. The lowest BCUT2D eigenvalue weighted by atomic mass is 9.98. The summed E-state index contributed by atoms with van der Waals surface area (Å²) >= 11 is 3.35. The molecular weight excluding hydrogens is 319 g/mol. The van der Waals surface area contributed by atoms with Gasteiger partial charge in [-0.1, -0.05) is 39.7 Å². The van der Waals surface area contributed by atoms with Crippen LogP contribution in [-0.2, 0) is 17.6 Å². The SMILES string of the molecule is Cc1ccc(C)c(CC(=O)Cc2cc(F)ccc2Br)c1. The Balaban J connectivity index is 2.13. The molecule has 0 spiro atoms. The predicted molar refractivity (Wildman–Crippen MR) is 82.4 cm³/mol. The summed E-state index contributed by atoms with van der Waals surface area (Å²) in [6.45, 7) is 4.01. The number of benzene rings is 2. The number of carbonyl (C=O) groups is 1. The zero-order valence-electron chi connectivity index (χ0n) is 11.5. The summed E-state index contributed by atoms with van der Waals surface area (Å²) in [5.74, 6) is -0.229. The van der Waals surface area contributed by atoms with E-state index in [2.05, 4.69) is 15.9 Å². The van der Waals surface area contributed by atoms with Crippen LogP contribution in [0.4, 0.5) is 4.39 Å². The molecule has 104 valence electrons. The van der Waals surface area contributed by atoms with Crippen molar-refractivity contribution >= 4 is 21.7 Å². The van der Waals surface area contributed by atoms with E-state index in [4.69, 9.17) is 0 Å². The van der Waals surface area contributed by atoms with E-state index in [-0.39, 0.29) is 18.0 Å². The summed E-state index contributed by atoms with van der Waals surface area (Å²) in [6.07, 6.45) is 0.627. The van der Waals surface area contributed by atoms with Gasteiger partial charge in [0.25, 0.3) is 0 Å². The minimum atomic E-state index is -0.317. The largest absolute Gasteiger partial charge is 0.299 e. The Morgan fingerprint density at radius 1 is 1.05 bits per heavy atom. The highest BCUT2D eigenvalue weighted by molar-refractivity contribution is 9.10. The lowest BCUT2D eigenvalue weighted by molar-refractivity contribution is -0.117. The zero-order valence-corrected chi connectivity index (χ0v) is 13.1. The van der Waals surface area contributed by atoms with Crippen molar-refractivity contribution in [3.05, 3.63) is 68.9 Å². The second-order valence-corrected chi connectivity index (χ2v) is 5.91. The summed E-state index contributed by atoms with van der Waals surface area (Å²) in [7, 11) is 0. The summed E-state index contributed by atoms with van der Waals surface area (Å²) in [5.41, 5.74) is 4.00. The quantitative estimate of drug-likeness (QED) is 0.801. The van der Waals surface area contributed by atoms with Crippen LogP contribution in [0.15, 0.2) is 40.9 Å². The number of hydrogen-bond donors (Lipinski definition) is 0. The molecule has 2 rings (SSSR count). The van der Waals surface area contributed by atoms with Crippen LogP contribution in [0.5, 0.6) is 0 Å². The van der Waals surface area contributed by atoms with Crippen molar-refractivity contribution < 1.29 is 9.18 Å². The van der Waals surface area contributed by atoms with Crippen LogP contribution in [0, 0.1) is 19.7 Å². The average molecular weight is 335 g/mol. The first-order valence-electron chi connectivity index (χ1n) is 6.47. The van der Waals surface area contributed by atoms with E-state index in [1.54, 1.807) is 6.07 Å². The fraction of sp³-hybridized carbons (Fsp3) is 0.235. The van der Waals surface area contributed by atoms with Gasteiger partial charge in [0.05, 0.1) is 0 Å².